The Kier molecular flexibility index (Phi) is 5.46. The lowest BCUT2D eigenvalue weighted by atomic mass is 9.95. The normalized spacial score (nSPS) is 13.9. The van der Waals surface area contributed by atoms with Crippen LogP contribution >= 0.6 is 11.6 Å². The van der Waals surface area contributed by atoms with Crippen LogP contribution in [0.25, 0.3) is 0 Å². The third-order valence-electron chi connectivity index (χ3n) is 5.31. The molecule has 0 saturated heterocycles. The summed E-state index contributed by atoms with van der Waals surface area (Å²) in [5.74, 6) is 0.118. The minimum Gasteiger partial charge on any atom is -0.494 e. The van der Waals surface area contributed by atoms with Gasteiger partial charge in [-0.2, -0.15) is 0 Å². The fourth-order valence-electron chi connectivity index (χ4n) is 3.48. The maximum Gasteiger partial charge on any atom is 0.255 e. The smallest absolute Gasteiger partial charge is 0.255 e. The third kappa shape index (κ3) is 4.02. The molecule has 3 aromatic rings. The third-order valence-corrected chi connectivity index (χ3v) is 5.54. The van der Waals surface area contributed by atoms with Gasteiger partial charge in [-0.15, -0.1) is 0 Å². The first-order chi connectivity index (χ1) is 14.5. The van der Waals surface area contributed by atoms with Crippen molar-refractivity contribution in [2.24, 2.45) is 0 Å². The van der Waals surface area contributed by atoms with Crippen molar-refractivity contribution in [3.8, 4) is 5.75 Å². The Hall–Kier alpha value is -3.31. The van der Waals surface area contributed by atoms with Crippen LogP contribution in [0.1, 0.15) is 28.8 Å². The predicted octanol–water partition coefficient (Wildman–Crippen LogP) is 5.27. The summed E-state index contributed by atoms with van der Waals surface area (Å²) in [5.41, 5.74) is 2.12. The standard InChI is InChI=1S/C24H21ClN2O3/c1-30-21-15-19(26-23(29)24(12-13-24)17-7-3-2-4-8-17)10-11-20(21)27-22(28)16-6-5-9-18(25)14-16/h2-11,14-15H,12-13H2,1H3,(H,26,29)(H,27,28). The van der Waals surface area contributed by atoms with Crippen molar-refractivity contribution < 1.29 is 14.3 Å². The summed E-state index contributed by atoms with van der Waals surface area (Å²) in [6.45, 7) is 0. The number of nitrogens with one attached hydrogen (secondary N) is 2. The quantitative estimate of drug-likeness (QED) is 0.570. The van der Waals surface area contributed by atoms with Crippen molar-refractivity contribution in [2.75, 3.05) is 17.7 Å². The highest BCUT2D eigenvalue weighted by Gasteiger charge is 2.51. The summed E-state index contributed by atoms with van der Waals surface area (Å²) < 4.78 is 5.42. The van der Waals surface area contributed by atoms with Crippen LogP contribution < -0.4 is 15.4 Å². The highest BCUT2D eigenvalue weighted by Crippen LogP contribution is 2.49. The molecule has 0 aliphatic heterocycles. The predicted molar refractivity (Wildman–Crippen MR) is 118 cm³/mol. The van der Waals surface area contributed by atoms with E-state index in [2.05, 4.69) is 10.6 Å². The second-order valence-electron chi connectivity index (χ2n) is 7.28. The van der Waals surface area contributed by atoms with Gasteiger partial charge in [0.15, 0.2) is 0 Å². The topological polar surface area (TPSA) is 67.4 Å². The molecule has 0 bridgehead atoms. The molecule has 0 radical (unpaired) electrons. The van der Waals surface area contributed by atoms with Crippen molar-refractivity contribution >= 4 is 34.8 Å². The van der Waals surface area contributed by atoms with E-state index in [4.69, 9.17) is 16.3 Å². The maximum absolute atomic E-state index is 12.9. The van der Waals surface area contributed by atoms with Crippen LogP contribution in [0, 0.1) is 0 Å². The second kappa shape index (κ2) is 8.20. The van der Waals surface area contributed by atoms with Gasteiger partial charge in [0.05, 0.1) is 18.2 Å². The van der Waals surface area contributed by atoms with Gasteiger partial charge in [-0.05, 0) is 48.7 Å². The molecule has 152 valence electrons. The molecule has 4 rings (SSSR count). The van der Waals surface area contributed by atoms with Crippen molar-refractivity contribution in [1.29, 1.82) is 0 Å². The first-order valence-corrected chi connectivity index (χ1v) is 10.0. The van der Waals surface area contributed by atoms with Crippen LogP contribution in [-0.2, 0) is 10.2 Å². The largest absolute Gasteiger partial charge is 0.494 e. The molecule has 0 heterocycles. The molecule has 6 heteroatoms. The fraction of sp³-hybridized carbons (Fsp3) is 0.167. The molecule has 1 saturated carbocycles. The number of hydrogen-bond donors (Lipinski definition) is 2. The number of amides is 2. The Balaban J connectivity index is 1.50. The fourth-order valence-corrected chi connectivity index (χ4v) is 3.67. The molecule has 1 aliphatic carbocycles. The molecule has 2 amide bonds. The highest BCUT2D eigenvalue weighted by atomic mass is 35.5. The van der Waals surface area contributed by atoms with Gasteiger partial charge in [0.2, 0.25) is 5.91 Å². The minimum absolute atomic E-state index is 0.0357. The average Bonchev–Trinajstić information content (AvgIpc) is 3.57. The van der Waals surface area contributed by atoms with E-state index in [0.29, 0.717) is 27.7 Å². The van der Waals surface area contributed by atoms with E-state index in [1.165, 1.54) is 7.11 Å². The van der Waals surface area contributed by atoms with Gasteiger partial charge in [-0.3, -0.25) is 9.59 Å². The number of carbonyl (C=O) groups excluding carboxylic acids is 2. The number of ether oxygens (including phenoxy) is 1. The molecular formula is C24H21ClN2O3. The second-order valence-corrected chi connectivity index (χ2v) is 7.72. The zero-order chi connectivity index (χ0) is 21.1. The Morgan fingerprint density at radius 3 is 2.37 bits per heavy atom. The van der Waals surface area contributed by atoms with Crippen molar-refractivity contribution in [3.63, 3.8) is 0 Å². The van der Waals surface area contributed by atoms with Crippen LogP contribution in [0.3, 0.4) is 0 Å². The Morgan fingerprint density at radius 2 is 1.70 bits per heavy atom. The molecule has 0 unspecified atom stereocenters. The summed E-state index contributed by atoms with van der Waals surface area (Å²) in [6.07, 6.45) is 1.65. The molecule has 1 aliphatic rings. The van der Waals surface area contributed by atoms with Gasteiger partial charge in [-0.25, -0.2) is 0 Å². The van der Waals surface area contributed by atoms with Gasteiger partial charge < -0.3 is 15.4 Å². The SMILES string of the molecule is COc1cc(NC(=O)C2(c3ccccc3)CC2)ccc1NC(=O)c1cccc(Cl)c1. The van der Waals surface area contributed by atoms with Crippen LogP contribution in [0.2, 0.25) is 5.02 Å². The monoisotopic (exact) mass is 420 g/mol. The van der Waals surface area contributed by atoms with Gasteiger partial charge in [0.25, 0.3) is 5.91 Å². The first-order valence-electron chi connectivity index (χ1n) is 9.64. The van der Waals surface area contributed by atoms with E-state index in [0.717, 1.165) is 18.4 Å². The van der Waals surface area contributed by atoms with Gasteiger partial charge >= 0.3 is 0 Å². The summed E-state index contributed by atoms with van der Waals surface area (Å²) in [6, 6.07) is 21.7. The average molecular weight is 421 g/mol. The number of benzene rings is 3. The number of carbonyl (C=O) groups is 2. The number of anilines is 2. The molecule has 5 nitrogen and oxygen atoms in total. The number of halogens is 1. The summed E-state index contributed by atoms with van der Waals surface area (Å²) >= 11 is 5.96. The highest BCUT2D eigenvalue weighted by molar-refractivity contribution is 6.31. The lowest BCUT2D eigenvalue weighted by Crippen LogP contribution is -2.27. The van der Waals surface area contributed by atoms with Crippen LogP contribution in [0.15, 0.2) is 72.8 Å². The molecule has 0 spiro atoms. The van der Waals surface area contributed by atoms with Crippen molar-refractivity contribution in [2.45, 2.75) is 18.3 Å². The van der Waals surface area contributed by atoms with Gasteiger partial charge in [-0.1, -0.05) is 48.0 Å². The lowest BCUT2D eigenvalue weighted by Gasteiger charge is -2.17. The molecular weight excluding hydrogens is 400 g/mol. The lowest BCUT2D eigenvalue weighted by molar-refractivity contribution is -0.118. The molecule has 0 atom stereocenters. The van der Waals surface area contributed by atoms with E-state index in [1.54, 1.807) is 42.5 Å². The van der Waals surface area contributed by atoms with E-state index in [-0.39, 0.29) is 11.8 Å². The Labute approximate surface area is 180 Å². The first kappa shape index (κ1) is 20.0. The number of hydrogen-bond acceptors (Lipinski definition) is 3. The van der Waals surface area contributed by atoms with E-state index in [1.807, 2.05) is 30.3 Å². The van der Waals surface area contributed by atoms with Crippen LogP contribution in [0.4, 0.5) is 11.4 Å². The minimum atomic E-state index is -0.464. The molecule has 2 N–H and O–H groups in total. The van der Waals surface area contributed by atoms with Crippen LogP contribution in [0.5, 0.6) is 5.75 Å². The van der Waals surface area contributed by atoms with Gasteiger partial charge in [0, 0.05) is 22.3 Å². The summed E-state index contributed by atoms with van der Waals surface area (Å²) in [4.78, 5) is 25.4. The van der Waals surface area contributed by atoms with E-state index >= 15 is 0 Å². The van der Waals surface area contributed by atoms with Crippen molar-refractivity contribution in [3.05, 3.63) is 88.9 Å². The molecule has 3 aromatic carbocycles. The maximum atomic E-state index is 12.9. The van der Waals surface area contributed by atoms with Crippen LogP contribution in [-0.4, -0.2) is 18.9 Å². The molecule has 0 aromatic heterocycles. The van der Waals surface area contributed by atoms with Crippen molar-refractivity contribution in [1.82, 2.24) is 0 Å². The van der Waals surface area contributed by atoms with E-state index < -0.39 is 5.41 Å². The number of rotatable bonds is 6. The van der Waals surface area contributed by atoms with Gasteiger partial charge in [0.1, 0.15) is 5.75 Å². The summed E-state index contributed by atoms with van der Waals surface area (Å²) in [5, 5.41) is 6.29. The Morgan fingerprint density at radius 1 is 0.933 bits per heavy atom. The Bertz CT molecular complexity index is 1090. The number of methoxy groups -OCH3 is 1. The van der Waals surface area contributed by atoms with E-state index in [9.17, 15) is 9.59 Å². The zero-order valence-corrected chi connectivity index (χ0v) is 17.2. The zero-order valence-electron chi connectivity index (χ0n) is 16.4. The molecule has 30 heavy (non-hydrogen) atoms. The summed E-state index contributed by atoms with van der Waals surface area (Å²) in [7, 11) is 1.52. The molecule has 1 fully saturated rings.